The number of nitrogens with zero attached hydrogens (tertiary/aromatic N) is 3. The summed E-state index contributed by atoms with van der Waals surface area (Å²) in [4.78, 5) is 7.90. The first-order valence-electron chi connectivity index (χ1n) is 7.12. The van der Waals surface area contributed by atoms with E-state index in [9.17, 15) is 8.42 Å². The van der Waals surface area contributed by atoms with Crippen LogP contribution in [0.25, 0.3) is 0 Å². The lowest BCUT2D eigenvalue weighted by atomic mass is 10.1. The standard InChI is InChI=1S/C13H21N3O2S2/c1-10-9-14-13(19-10)16-7-5-11(6-8-16)15(2)20(17,18)12-3-4-12/h9,11-12H,3-8H2,1-2H3. The van der Waals surface area contributed by atoms with E-state index in [4.69, 9.17) is 0 Å². The van der Waals surface area contributed by atoms with Crippen LogP contribution in [0.1, 0.15) is 30.6 Å². The zero-order chi connectivity index (χ0) is 14.3. The Morgan fingerprint density at radius 3 is 2.45 bits per heavy atom. The Balaban J connectivity index is 1.61. The van der Waals surface area contributed by atoms with Crippen molar-refractivity contribution in [3.8, 4) is 0 Å². The van der Waals surface area contributed by atoms with Crippen LogP contribution in [-0.2, 0) is 10.0 Å². The number of hydrogen-bond acceptors (Lipinski definition) is 5. The van der Waals surface area contributed by atoms with Gasteiger partial charge in [-0.2, -0.15) is 0 Å². The molecule has 112 valence electrons. The van der Waals surface area contributed by atoms with Crippen LogP contribution < -0.4 is 4.90 Å². The molecule has 0 amide bonds. The van der Waals surface area contributed by atoms with Gasteiger partial charge in [-0.25, -0.2) is 17.7 Å². The maximum atomic E-state index is 12.2. The van der Waals surface area contributed by atoms with Crippen LogP contribution >= 0.6 is 11.3 Å². The number of aryl methyl sites for hydroxylation is 1. The zero-order valence-corrected chi connectivity index (χ0v) is 13.6. The van der Waals surface area contributed by atoms with Crippen LogP contribution in [0.3, 0.4) is 0 Å². The van der Waals surface area contributed by atoms with E-state index < -0.39 is 10.0 Å². The summed E-state index contributed by atoms with van der Waals surface area (Å²) in [7, 11) is -1.29. The van der Waals surface area contributed by atoms with Crippen molar-refractivity contribution >= 4 is 26.5 Å². The van der Waals surface area contributed by atoms with Crippen molar-refractivity contribution < 1.29 is 8.42 Å². The van der Waals surface area contributed by atoms with Gasteiger partial charge in [0.05, 0.1) is 5.25 Å². The smallest absolute Gasteiger partial charge is 0.216 e. The van der Waals surface area contributed by atoms with Gasteiger partial charge in [0.25, 0.3) is 0 Å². The summed E-state index contributed by atoms with van der Waals surface area (Å²) >= 11 is 1.71. The first kappa shape index (κ1) is 14.3. The molecule has 2 fully saturated rings. The summed E-state index contributed by atoms with van der Waals surface area (Å²) in [6.07, 6.45) is 5.35. The second kappa shape index (κ2) is 5.27. The molecular weight excluding hydrogens is 294 g/mol. The minimum atomic E-state index is -3.04. The Labute approximate surface area is 124 Å². The molecule has 1 aliphatic carbocycles. The summed E-state index contributed by atoms with van der Waals surface area (Å²) in [5.41, 5.74) is 0. The summed E-state index contributed by atoms with van der Waals surface area (Å²) < 4.78 is 26.1. The van der Waals surface area contributed by atoms with Crippen LogP contribution in [0.15, 0.2) is 6.20 Å². The van der Waals surface area contributed by atoms with Crippen LogP contribution in [0, 0.1) is 6.92 Å². The predicted molar refractivity (Wildman–Crippen MR) is 81.8 cm³/mol. The molecule has 1 saturated heterocycles. The highest BCUT2D eigenvalue weighted by Crippen LogP contribution is 2.33. The van der Waals surface area contributed by atoms with Crippen LogP contribution in [0.4, 0.5) is 5.13 Å². The molecule has 3 rings (SSSR count). The average molecular weight is 315 g/mol. The second-order valence-corrected chi connectivity index (χ2v) is 9.22. The lowest BCUT2D eigenvalue weighted by Crippen LogP contribution is -2.46. The van der Waals surface area contributed by atoms with Crippen LogP contribution in [0.2, 0.25) is 0 Å². The molecule has 20 heavy (non-hydrogen) atoms. The van der Waals surface area contributed by atoms with Crippen molar-refractivity contribution in [3.63, 3.8) is 0 Å². The largest absolute Gasteiger partial charge is 0.348 e. The SMILES string of the molecule is Cc1cnc(N2CCC(N(C)S(=O)(=O)C3CC3)CC2)s1. The van der Waals surface area contributed by atoms with Crippen molar-refractivity contribution in [1.82, 2.24) is 9.29 Å². The summed E-state index contributed by atoms with van der Waals surface area (Å²) in [5.74, 6) is 0. The van der Waals surface area contributed by atoms with E-state index in [1.807, 2.05) is 6.20 Å². The van der Waals surface area contributed by atoms with E-state index in [1.54, 1.807) is 22.7 Å². The predicted octanol–water partition coefficient (Wildman–Crippen LogP) is 1.84. The number of hydrogen-bond donors (Lipinski definition) is 0. The number of sulfonamides is 1. The maximum Gasteiger partial charge on any atom is 0.216 e. The van der Waals surface area contributed by atoms with Crippen molar-refractivity contribution in [1.29, 1.82) is 0 Å². The third-order valence-corrected chi connectivity index (χ3v) is 7.59. The molecule has 1 aromatic rings. The molecule has 0 atom stereocenters. The van der Waals surface area contributed by atoms with Gasteiger partial charge in [0, 0.05) is 37.3 Å². The molecule has 2 heterocycles. The first-order chi connectivity index (χ1) is 9.48. The number of anilines is 1. The molecule has 0 bridgehead atoms. The molecule has 0 aromatic carbocycles. The number of piperidine rings is 1. The Morgan fingerprint density at radius 2 is 1.95 bits per heavy atom. The molecule has 0 spiro atoms. The fourth-order valence-electron chi connectivity index (χ4n) is 2.72. The lowest BCUT2D eigenvalue weighted by molar-refractivity contribution is 0.311. The molecule has 2 aliphatic rings. The molecule has 1 aliphatic heterocycles. The van der Waals surface area contributed by atoms with Gasteiger partial charge in [-0.1, -0.05) is 0 Å². The Morgan fingerprint density at radius 1 is 1.30 bits per heavy atom. The third kappa shape index (κ3) is 2.71. The molecular formula is C13H21N3O2S2. The van der Waals surface area contributed by atoms with Gasteiger partial charge in [-0.3, -0.25) is 0 Å². The van der Waals surface area contributed by atoms with Gasteiger partial charge in [-0.15, -0.1) is 11.3 Å². The van der Waals surface area contributed by atoms with Gasteiger partial charge < -0.3 is 4.90 Å². The summed E-state index contributed by atoms with van der Waals surface area (Å²) in [5, 5.41) is 0.959. The van der Waals surface area contributed by atoms with Crippen molar-refractivity contribution in [2.24, 2.45) is 0 Å². The fraction of sp³-hybridized carbons (Fsp3) is 0.769. The normalized spacial score (nSPS) is 21.6. The Hall–Kier alpha value is -0.660. The van der Waals surface area contributed by atoms with E-state index in [0.717, 1.165) is 43.9 Å². The fourth-order valence-corrected chi connectivity index (χ4v) is 5.36. The highest BCUT2D eigenvalue weighted by atomic mass is 32.2. The second-order valence-electron chi connectivity index (χ2n) is 5.73. The number of rotatable bonds is 4. The highest BCUT2D eigenvalue weighted by Gasteiger charge is 2.41. The first-order valence-corrected chi connectivity index (χ1v) is 9.44. The molecule has 0 unspecified atom stereocenters. The van der Waals surface area contributed by atoms with E-state index in [0.29, 0.717) is 0 Å². The van der Waals surface area contributed by atoms with Gasteiger partial charge in [-0.05, 0) is 32.6 Å². The van der Waals surface area contributed by atoms with E-state index in [-0.39, 0.29) is 11.3 Å². The molecule has 0 radical (unpaired) electrons. The van der Waals surface area contributed by atoms with Gasteiger partial charge in [0.15, 0.2) is 5.13 Å². The Kier molecular flexibility index (Phi) is 3.77. The molecule has 1 saturated carbocycles. The van der Waals surface area contributed by atoms with Crippen molar-refractivity contribution in [2.75, 3.05) is 25.0 Å². The van der Waals surface area contributed by atoms with E-state index in [1.165, 1.54) is 4.88 Å². The van der Waals surface area contributed by atoms with E-state index >= 15 is 0 Å². The molecule has 7 heteroatoms. The van der Waals surface area contributed by atoms with Gasteiger partial charge in [0.1, 0.15) is 0 Å². The minimum absolute atomic E-state index is 0.104. The molecule has 5 nitrogen and oxygen atoms in total. The third-order valence-electron chi connectivity index (χ3n) is 4.21. The molecule has 1 aromatic heterocycles. The maximum absolute atomic E-state index is 12.2. The molecule has 0 N–H and O–H groups in total. The van der Waals surface area contributed by atoms with Crippen molar-refractivity contribution in [3.05, 3.63) is 11.1 Å². The highest BCUT2D eigenvalue weighted by molar-refractivity contribution is 7.90. The Bertz CT molecular complexity index is 572. The summed E-state index contributed by atoms with van der Waals surface area (Å²) in [6.45, 7) is 3.84. The average Bonchev–Trinajstić information content (AvgIpc) is 3.21. The summed E-state index contributed by atoms with van der Waals surface area (Å²) in [6, 6.07) is 0.151. The quantitative estimate of drug-likeness (QED) is 0.851. The van der Waals surface area contributed by atoms with E-state index in [2.05, 4.69) is 16.8 Å². The zero-order valence-electron chi connectivity index (χ0n) is 11.9. The van der Waals surface area contributed by atoms with Gasteiger partial charge >= 0.3 is 0 Å². The van der Waals surface area contributed by atoms with Crippen LogP contribution in [-0.4, -0.2) is 49.1 Å². The van der Waals surface area contributed by atoms with Crippen molar-refractivity contribution in [2.45, 2.75) is 43.9 Å². The number of thiazole rings is 1. The topological polar surface area (TPSA) is 53.5 Å². The monoisotopic (exact) mass is 315 g/mol. The lowest BCUT2D eigenvalue weighted by Gasteiger charge is -2.36. The minimum Gasteiger partial charge on any atom is -0.348 e. The van der Waals surface area contributed by atoms with Gasteiger partial charge in [0.2, 0.25) is 10.0 Å². The van der Waals surface area contributed by atoms with Crippen LogP contribution in [0.5, 0.6) is 0 Å². The number of aromatic nitrogens is 1.